The molecule has 1 amide bonds. The quantitative estimate of drug-likeness (QED) is 0.777. The fraction of sp³-hybridized carbons (Fsp3) is 0. The third-order valence-corrected chi connectivity index (χ3v) is 5.32. The van der Waals surface area contributed by atoms with Crippen LogP contribution in [0.2, 0.25) is 0 Å². The molecule has 0 unspecified atom stereocenters. The number of nitriles is 1. The number of aromatic nitrogens is 2. The zero-order valence-corrected chi connectivity index (χ0v) is 13.5. The Morgan fingerprint density at radius 3 is 2.73 bits per heavy atom. The summed E-state index contributed by atoms with van der Waals surface area (Å²) in [5, 5.41) is 21.0. The highest BCUT2D eigenvalue weighted by Gasteiger charge is 2.09. The first-order valence-electron chi connectivity index (χ1n) is 6.08. The molecule has 0 bridgehead atoms. The van der Waals surface area contributed by atoms with Gasteiger partial charge in [-0.2, -0.15) is 5.26 Å². The zero-order valence-electron chi connectivity index (χ0n) is 11.0. The third-order valence-electron chi connectivity index (χ3n) is 2.61. The summed E-state index contributed by atoms with van der Waals surface area (Å²) in [5.74, 6) is -0.212. The van der Waals surface area contributed by atoms with E-state index in [4.69, 9.17) is 5.26 Å². The average molecular weight is 344 g/mol. The standard InChI is InChI=1S/C14H8N4OS3/c15-6-9-5-12(20-7-9)13(19)17-10-1-3-11(4-2-10)22-14-18-16-8-21-14/h1-5,7-8H,(H,17,19). The highest BCUT2D eigenvalue weighted by Crippen LogP contribution is 2.29. The van der Waals surface area contributed by atoms with Crippen molar-refractivity contribution in [1.82, 2.24) is 10.2 Å². The highest BCUT2D eigenvalue weighted by atomic mass is 32.2. The molecule has 8 heteroatoms. The van der Waals surface area contributed by atoms with E-state index < -0.39 is 0 Å². The van der Waals surface area contributed by atoms with Gasteiger partial charge in [0.05, 0.1) is 10.4 Å². The number of amides is 1. The molecule has 5 nitrogen and oxygen atoms in total. The van der Waals surface area contributed by atoms with Crippen molar-refractivity contribution in [3.8, 4) is 6.07 Å². The van der Waals surface area contributed by atoms with Crippen molar-refractivity contribution >= 4 is 46.0 Å². The van der Waals surface area contributed by atoms with Crippen LogP contribution in [0.25, 0.3) is 0 Å². The molecule has 0 aliphatic carbocycles. The molecule has 0 saturated heterocycles. The number of nitrogens with zero attached hydrogens (tertiary/aromatic N) is 3. The summed E-state index contributed by atoms with van der Waals surface area (Å²) in [6, 6.07) is 11.1. The van der Waals surface area contributed by atoms with Crippen LogP contribution in [0.1, 0.15) is 15.2 Å². The smallest absolute Gasteiger partial charge is 0.265 e. The number of hydrogen-bond donors (Lipinski definition) is 1. The monoisotopic (exact) mass is 344 g/mol. The summed E-state index contributed by atoms with van der Waals surface area (Å²) in [5.41, 5.74) is 2.89. The molecule has 0 aliphatic heterocycles. The van der Waals surface area contributed by atoms with Crippen molar-refractivity contribution < 1.29 is 4.79 Å². The maximum atomic E-state index is 12.1. The Kier molecular flexibility index (Phi) is 4.48. The fourth-order valence-corrected chi connectivity index (χ4v) is 3.80. The lowest BCUT2D eigenvalue weighted by Gasteiger charge is -2.04. The normalized spacial score (nSPS) is 10.1. The first-order chi connectivity index (χ1) is 10.7. The summed E-state index contributed by atoms with van der Waals surface area (Å²) < 4.78 is 0.874. The fourth-order valence-electron chi connectivity index (χ4n) is 1.62. The lowest BCUT2D eigenvalue weighted by atomic mass is 10.3. The average Bonchev–Trinajstić information content (AvgIpc) is 3.20. The van der Waals surface area contributed by atoms with Crippen molar-refractivity contribution in [2.45, 2.75) is 9.24 Å². The molecule has 0 radical (unpaired) electrons. The van der Waals surface area contributed by atoms with E-state index in [9.17, 15) is 4.79 Å². The maximum absolute atomic E-state index is 12.1. The van der Waals surface area contributed by atoms with Crippen molar-refractivity contribution in [3.63, 3.8) is 0 Å². The van der Waals surface area contributed by atoms with Gasteiger partial charge in [0.25, 0.3) is 5.91 Å². The van der Waals surface area contributed by atoms with Gasteiger partial charge in [-0.05, 0) is 30.3 Å². The molecule has 0 atom stereocenters. The number of benzene rings is 1. The molecular formula is C14H8N4OS3. The van der Waals surface area contributed by atoms with Crippen LogP contribution in [0.5, 0.6) is 0 Å². The molecule has 1 N–H and O–H groups in total. The van der Waals surface area contributed by atoms with Gasteiger partial charge < -0.3 is 5.32 Å². The van der Waals surface area contributed by atoms with Gasteiger partial charge in [0, 0.05) is 16.0 Å². The SMILES string of the molecule is N#Cc1csc(C(=O)Nc2ccc(Sc3nncs3)cc2)c1. The van der Waals surface area contributed by atoms with Gasteiger partial charge in [-0.15, -0.1) is 21.5 Å². The van der Waals surface area contributed by atoms with E-state index in [-0.39, 0.29) is 5.91 Å². The van der Waals surface area contributed by atoms with Crippen LogP contribution in [-0.4, -0.2) is 16.1 Å². The Balaban J connectivity index is 1.65. The van der Waals surface area contributed by atoms with Crippen molar-refractivity contribution in [3.05, 3.63) is 51.7 Å². The molecule has 0 fully saturated rings. The van der Waals surface area contributed by atoms with Gasteiger partial charge in [0.2, 0.25) is 0 Å². The van der Waals surface area contributed by atoms with Crippen molar-refractivity contribution in [2.24, 2.45) is 0 Å². The Labute approximate surface area is 138 Å². The third kappa shape index (κ3) is 3.51. The molecule has 0 saturated carbocycles. The minimum absolute atomic E-state index is 0.212. The molecule has 22 heavy (non-hydrogen) atoms. The van der Waals surface area contributed by atoms with Crippen LogP contribution >= 0.6 is 34.4 Å². The number of carbonyl (C=O) groups is 1. The Morgan fingerprint density at radius 2 is 2.09 bits per heavy atom. The van der Waals surface area contributed by atoms with E-state index in [1.165, 1.54) is 34.4 Å². The Hall–Kier alpha value is -2.21. The van der Waals surface area contributed by atoms with Crippen LogP contribution in [0.15, 0.2) is 50.5 Å². The lowest BCUT2D eigenvalue weighted by Crippen LogP contribution is -2.09. The van der Waals surface area contributed by atoms with E-state index in [0.717, 1.165) is 9.24 Å². The molecule has 3 rings (SSSR count). The van der Waals surface area contributed by atoms with E-state index in [1.54, 1.807) is 17.0 Å². The predicted molar refractivity (Wildman–Crippen MR) is 87.5 cm³/mol. The van der Waals surface area contributed by atoms with Crippen LogP contribution < -0.4 is 5.32 Å². The molecule has 3 aromatic rings. The van der Waals surface area contributed by atoms with Gasteiger partial charge in [0.1, 0.15) is 11.6 Å². The number of nitrogens with one attached hydrogen (secondary N) is 1. The molecule has 0 spiro atoms. The highest BCUT2D eigenvalue weighted by molar-refractivity contribution is 8.01. The molecule has 0 aliphatic rings. The van der Waals surface area contributed by atoms with Crippen LogP contribution in [0.3, 0.4) is 0 Å². The van der Waals surface area contributed by atoms with Crippen LogP contribution in [0.4, 0.5) is 5.69 Å². The molecule has 2 heterocycles. The van der Waals surface area contributed by atoms with Gasteiger partial charge in [-0.3, -0.25) is 4.79 Å². The number of anilines is 1. The minimum atomic E-state index is -0.212. The number of thiophene rings is 1. The zero-order chi connectivity index (χ0) is 15.4. The number of carbonyl (C=O) groups excluding carboxylic acids is 1. The van der Waals surface area contributed by atoms with E-state index in [0.29, 0.717) is 16.1 Å². The Morgan fingerprint density at radius 1 is 1.27 bits per heavy atom. The van der Waals surface area contributed by atoms with Crippen LogP contribution in [-0.2, 0) is 0 Å². The molecule has 108 valence electrons. The van der Waals surface area contributed by atoms with E-state index >= 15 is 0 Å². The topological polar surface area (TPSA) is 78.7 Å². The van der Waals surface area contributed by atoms with Gasteiger partial charge in [-0.25, -0.2) is 0 Å². The second-order valence-electron chi connectivity index (χ2n) is 4.10. The lowest BCUT2D eigenvalue weighted by molar-refractivity contribution is 0.103. The molecule has 1 aromatic carbocycles. The second-order valence-corrected chi connectivity index (χ2v) is 7.16. The van der Waals surface area contributed by atoms with Gasteiger partial charge in [0.15, 0.2) is 4.34 Å². The van der Waals surface area contributed by atoms with E-state index in [1.807, 2.05) is 30.3 Å². The molecular weight excluding hydrogens is 336 g/mol. The largest absolute Gasteiger partial charge is 0.321 e. The molecule has 2 aromatic heterocycles. The van der Waals surface area contributed by atoms with Gasteiger partial charge in [-0.1, -0.05) is 23.1 Å². The summed E-state index contributed by atoms with van der Waals surface area (Å²) in [6.45, 7) is 0. The maximum Gasteiger partial charge on any atom is 0.265 e. The van der Waals surface area contributed by atoms with Gasteiger partial charge >= 0.3 is 0 Å². The number of rotatable bonds is 4. The summed E-state index contributed by atoms with van der Waals surface area (Å²) in [4.78, 5) is 13.6. The summed E-state index contributed by atoms with van der Waals surface area (Å²) in [7, 11) is 0. The first-order valence-corrected chi connectivity index (χ1v) is 8.66. The van der Waals surface area contributed by atoms with E-state index in [2.05, 4.69) is 15.5 Å². The first kappa shape index (κ1) is 14.7. The predicted octanol–water partition coefficient (Wildman–Crippen LogP) is 3.87. The summed E-state index contributed by atoms with van der Waals surface area (Å²) in [6.07, 6.45) is 0. The minimum Gasteiger partial charge on any atom is -0.321 e. The number of hydrogen-bond acceptors (Lipinski definition) is 7. The second kappa shape index (κ2) is 6.70. The Bertz CT molecular complexity index is 819. The van der Waals surface area contributed by atoms with Crippen molar-refractivity contribution in [2.75, 3.05) is 5.32 Å². The van der Waals surface area contributed by atoms with Crippen LogP contribution in [0, 0.1) is 11.3 Å². The van der Waals surface area contributed by atoms with Crippen molar-refractivity contribution in [1.29, 1.82) is 5.26 Å². The summed E-state index contributed by atoms with van der Waals surface area (Å²) >= 11 is 4.26.